The van der Waals surface area contributed by atoms with Gasteiger partial charge in [-0.1, -0.05) is 16.7 Å². The number of amides is 2. The Morgan fingerprint density at radius 2 is 1.82 bits per heavy atom. The largest absolute Gasteiger partial charge is 0.490 e. The van der Waals surface area contributed by atoms with Crippen LogP contribution < -0.4 is 14.4 Å². The van der Waals surface area contributed by atoms with Crippen LogP contribution in [0.3, 0.4) is 0 Å². The van der Waals surface area contributed by atoms with E-state index in [0.29, 0.717) is 43.2 Å². The topological polar surface area (TPSA) is 123 Å². The minimum Gasteiger partial charge on any atom is -0.490 e. The van der Waals surface area contributed by atoms with Crippen LogP contribution in [0.2, 0.25) is 5.15 Å². The molecule has 6 rings (SSSR count). The van der Waals surface area contributed by atoms with Crippen molar-refractivity contribution in [2.75, 3.05) is 31.1 Å². The number of pyridine rings is 1. The minimum absolute atomic E-state index is 0.00819. The van der Waals surface area contributed by atoms with Crippen molar-refractivity contribution >= 4 is 29.4 Å². The molecule has 3 aliphatic rings. The maximum atomic E-state index is 14.2. The van der Waals surface area contributed by atoms with Crippen molar-refractivity contribution in [2.45, 2.75) is 84.3 Å². The first-order valence-electron chi connectivity index (χ1n) is 16.5. The Kier molecular flexibility index (Phi) is 9.67. The summed E-state index contributed by atoms with van der Waals surface area (Å²) in [5.74, 6) is -1.17. The molecule has 1 aromatic carbocycles. The SMILES string of the molecule is CC(C)N(CC(F)(F)F)C(=O)c1cc(F)ccc1Oc1nnc(Cl)c(N2CC3(CC(Oc4ccnc5c4CN(C(=O)OC(C)(C)C)CC5)C3)C2)n1. The van der Waals surface area contributed by atoms with Gasteiger partial charge in [0.1, 0.15) is 35.6 Å². The number of hydrogen-bond donors (Lipinski definition) is 0. The Bertz CT molecular complexity index is 1810. The highest BCUT2D eigenvalue weighted by molar-refractivity contribution is 6.31. The lowest BCUT2D eigenvalue weighted by Gasteiger charge is -2.58. The number of rotatable bonds is 8. The summed E-state index contributed by atoms with van der Waals surface area (Å²) in [6.45, 7) is 8.85. The highest BCUT2D eigenvalue weighted by Crippen LogP contribution is 2.51. The molecule has 0 bridgehead atoms. The van der Waals surface area contributed by atoms with Crippen molar-refractivity contribution in [3.8, 4) is 17.5 Å². The molecule has 12 nitrogen and oxygen atoms in total. The summed E-state index contributed by atoms with van der Waals surface area (Å²) < 4.78 is 71.6. The zero-order valence-electron chi connectivity index (χ0n) is 28.8. The first-order valence-corrected chi connectivity index (χ1v) is 16.9. The third-order valence-corrected chi connectivity index (χ3v) is 9.15. The molecule has 2 fully saturated rings. The second-order valence-electron chi connectivity index (χ2n) is 14.5. The fraction of sp³-hybridized carbons (Fsp3) is 0.529. The number of alkyl halides is 3. The average Bonchev–Trinajstić information content (AvgIpc) is 3.00. The number of ether oxygens (including phenoxy) is 3. The van der Waals surface area contributed by atoms with Gasteiger partial charge in [-0.15, -0.1) is 5.10 Å². The van der Waals surface area contributed by atoms with E-state index in [-0.39, 0.29) is 40.3 Å². The van der Waals surface area contributed by atoms with Crippen molar-refractivity contribution in [3.63, 3.8) is 0 Å². The van der Waals surface area contributed by atoms with Gasteiger partial charge in [0.25, 0.3) is 5.91 Å². The van der Waals surface area contributed by atoms with Crippen LogP contribution in [0.1, 0.15) is 69.1 Å². The summed E-state index contributed by atoms with van der Waals surface area (Å²) in [5, 5.41) is 7.77. The number of nitrogens with zero attached hydrogens (tertiary/aromatic N) is 7. The van der Waals surface area contributed by atoms with Crippen LogP contribution in [0.25, 0.3) is 0 Å². The summed E-state index contributed by atoms with van der Waals surface area (Å²) in [4.78, 5) is 38.9. The zero-order chi connectivity index (χ0) is 36.9. The quantitative estimate of drug-likeness (QED) is 0.234. The number of hydrogen-bond acceptors (Lipinski definition) is 10. The third kappa shape index (κ3) is 8.21. The van der Waals surface area contributed by atoms with Gasteiger partial charge in [0.05, 0.1) is 17.8 Å². The second kappa shape index (κ2) is 13.6. The van der Waals surface area contributed by atoms with Gasteiger partial charge < -0.3 is 28.9 Å². The van der Waals surface area contributed by atoms with Crippen LogP contribution >= 0.6 is 11.6 Å². The molecular formula is C34H38ClF4N7O5. The Balaban J connectivity index is 1.09. The van der Waals surface area contributed by atoms with Crippen molar-refractivity contribution in [1.29, 1.82) is 0 Å². The third-order valence-electron chi connectivity index (χ3n) is 8.90. The maximum absolute atomic E-state index is 14.2. The summed E-state index contributed by atoms with van der Waals surface area (Å²) in [5.41, 5.74) is 0.694. The molecule has 0 atom stereocenters. The molecule has 1 spiro atoms. The fourth-order valence-electron chi connectivity index (χ4n) is 6.57. The van der Waals surface area contributed by atoms with E-state index in [0.717, 1.165) is 42.3 Å². The van der Waals surface area contributed by atoms with Crippen LogP contribution in [0.4, 0.5) is 28.2 Å². The van der Waals surface area contributed by atoms with E-state index in [2.05, 4.69) is 20.2 Å². The lowest BCUT2D eigenvalue weighted by molar-refractivity contribution is -0.143. The second-order valence-corrected chi connectivity index (χ2v) is 14.8. The molecule has 3 aromatic rings. The maximum Gasteiger partial charge on any atom is 0.410 e. The van der Waals surface area contributed by atoms with Crippen molar-refractivity contribution in [3.05, 3.63) is 58.3 Å². The number of anilines is 1. The van der Waals surface area contributed by atoms with Gasteiger partial charge in [-0.3, -0.25) is 9.78 Å². The number of halogens is 5. The van der Waals surface area contributed by atoms with E-state index < -0.39 is 41.7 Å². The van der Waals surface area contributed by atoms with Crippen LogP contribution in [-0.4, -0.2) is 92.1 Å². The number of aromatic nitrogens is 4. The predicted octanol–water partition coefficient (Wildman–Crippen LogP) is 6.61. The highest BCUT2D eigenvalue weighted by Gasteiger charge is 2.54. The molecule has 0 unspecified atom stereocenters. The molecule has 0 N–H and O–H groups in total. The van der Waals surface area contributed by atoms with Crippen molar-refractivity contribution in [1.82, 2.24) is 30.0 Å². The smallest absolute Gasteiger partial charge is 0.410 e. The van der Waals surface area contributed by atoms with Gasteiger partial charge in [-0.2, -0.15) is 18.2 Å². The minimum atomic E-state index is -4.67. The van der Waals surface area contributed by atoms with E-state index in [9.17, 15) is 27.2 Å². The lowest BCUT2D eigenvalue weighted by atomic mass is 9.61. The van der Waals surface area contributed by atoms with Crippen LogP contribution in [0.15, 0.2) is 30.5 Å². The summed E-state index contributed by atoms with van der Waals surface area (Å²) in [7, 11) is 0. The molecule has 1 saturated heterocycles. The van der Waals surface area contributed by atoms with Crippen molar-refractivity contribution in [2.24, 2.45) is 5.41 Å². The van der Waals surface area contributed by atoms with E-state index in [4.69, 9.17) is 25.8 Å². The Morgan fingerprint density at radius 3 is 2.49 bits per heavy atom. The van der Waals surface area contributed by atoms with Crippen LogP contribution in [0.5, 0.6) is 17.5 Å². The van der Waals surface area contributed by atoms with Crippen molar-refractivity contribution < 1.29 is 41.4 Å². The summed E-state index contributed by atoms with van der Waals surface area (Å²) in [6, 6.07) is 3.60. The standard InChI is InChI=1S/C34H38ClF4N7O5/c1-19(2)46(18-34(37,38)39)29(47)22-12-20(36)6-7-25(22)50-30-41-28(27(35)42-43-30)45-16-33(17-45)13-21(14-33)49-26-8-10-40-24-9-11-44(15-23(24)26)31(48)51-32(3,4)5/h6-8,10,12,19,21H,9,11,13-18H2,1-5H3. The molecule has 2 aliphatic heterocycles. The summed E-state index contributed by atoms with van der Waals surface area (Å²) >= 11 is 6.36. The van der Waals surface area contributed by atoms with Gasteiger partial charge in [0.15, 0.2) is 11.0 Å². The number of benzene rings is 1. The highest BCUT2D eigenvalue weighted by atomic mass is 35.5. The predicted molar refractivity (Wildman–Crippen MR) is 176 cm³/mol. The number of fused-ring (bicyclic) bond motifs is 1. The number of carbonyl (C=O) groups is 2. The number of carbonyl (C=O) groups excluding carboxylic acids is 2. The van der Waals surface area contributed by atoms with E-state index >= 15 is 0 Å². The first kappa shape index (κ1) is 36.3. The normalized spacial score (nSPS) is 17.1. The lowest BCUT2D eigenvalue weighted by Crippen LogP contribution is -2.65. The molecule has 274 valence electrons. The summed E-state index contributed by atoms with van der Waals surface area (Å²) in [6.07, 6.45) is -1.25. The molecule has 1 saturated carbocycles. The first-order chi connectivity index (χ1) is 23.9. The molecular weight excluding hydrogens is 698 g/mol. The zero-order valence-corrected chi connectivity index (χ0v) is 29.5. The van der Waals surface area contributed by atoms with Crippen LogP contribution in [-0.2, 0) is 17.7 Å². The van der Waals surface area contributed by atoms with Gasteiger partial charge in [-0.05, 0) is 71.7 Å². The molecule has 2 aromatic heterocycles. The Labute approximate surface area is 297 Å². The molecule has 4 heterocycles. The van der Waals surface area contributed by atoms with E-state index in [1.807, 2.05) is 31.7 Å². The van der Waals surface area contributed by atoms with E-state index in [1.54, 1.807) is 11.1 Å². The Morgan fingerprint density at radius 1 is 1.10 bits per heavy atom. The molecule has 51 heavy (non-hydrogen) atoms. The molecule has 17 heteroatoms. The fourth-order valence-corrected chi connectivity index (χ4v) is 6.77. The van der Waals surface area contributed by atoms with Gasteiger partial charge >= 0.3 is 18.3 Å². The average molecular weight is 736 g/mol. The molecule has 0 radical (unpaired) electrons. The molecule has 1 aliphatic carbocycles. The Hall–Kier alpha value is -4.47. The van der Waals surface area contributed by atoms with Gasteiger partial charge in [0.2, 0.25) is 0 Å². The van der Waals surface area contributed by atoms with Gasteiger partial charge in [-0.25, -0.2) is 9.18 Å². The molecule has 2 amide bonds. The monoisotopic (exact) mass is 735 g/mol. The van der Waals surface area contributed by atoms with E-state index in [1.165, 1.54) is 13.8 Å². The van der Waals surface area contributed by atoms with Crippen LogP contribution in [0, 0.1) is 11.2 Å². The van der Waals surface area contributed by atoms with Gasteiger partial charge in [0, 0.05) is 49.3 Å².